The second kappa shape index (κ2) is 4.73. The normalized spacial score (nSPS) is 14.3. The minimum absolute atomic E-state index is 0.0324. The maximum Gasteiger partial charge on any atom is 0.0702 e. The summed E-state index contributed by atoms with van der Waals surface area (Å²) in [6.07, 6.45) is 2.01. The van der Waals surface area contributed by atoms with Gasteiger partial charge in [-0.1, -0.05) is 13.8 Å². The summed E-state index contributed by atoms with van der Waals surface area (Å²) in [7, 11) is 0. The molecule has 3 nitrogen and oxygen atoms in total. The lowest BCUT2D eigenvalue weighted by Gasteiger charge is -2.21. The number of hydrogen-bond acceptors (Lipinski definition) is 3. The molecule has 0 saturated carbocycles. The van der Waals surface area contributed by atoms with Gasteiger partial charge in [-0.05, 0) is 12.8 Å². The summed E-state index contributed by atoms with van der Waals surface area (Å²) in [5, 5.41) is 1.68. The quantitative estimate of drug-likeness (QED) is 0.327. The molecule has 0 spiro atoms. The van der Waals surface area contributed by atoms with Crippen LogP contribution in [0.1, 0.15) is 26.7 Å². The molecule has 0 aromatic rings. The highest BCUT2D eigenvalue weighted by Crippen LogP contribution is 1.91. The molecule has 0 aromatic carbocycles. The molecule has 0 rings (SSSR count). The Morgan fingerprint density at radius 2 is 2.00 bits per heavy atom. The summed E-state index contributed by atoms with van der Waals surface area (Å²) >= 11 is 0. The Bertz CT molecular complexity index is 65.3. The molecule has 4 N–H and O–H groups in total. The molecule has 1 atom stereocenters. The second-order valence-corrected chi connectivity index (χ2v) is 2.21. The average molecular weight is 131 g/mol. The molecule has 56 valence electrons. The Balaban J connectivity index is 3.32. The molecule has 0 aliphatic rings. The Morgan fingerprint density at radius 1 is 1.44 bits per heavy atom. The number of hydrogen-bond donors (Lipinski definition) is 2. The van der Waals surface area contributed by atoms with Crippen LogP contribution in [0.3, 0.4) is 0 Å². The zero-order chi connectivity index (χ0) is 7.28. The summed E-state index contributed by atoms with van der Waals surface area (Å²) in [5.41, 5.74) is 5.60. The third kappa shape index (κ3) is 3.46. The Hall–Kier alpha value is -0.120. The van der Waals surface area contributed by atoms with E-state index in [-0.39, 0.29) is 6.17 Å². The van der Waals surface area contributed by atoms with Crippen molar-refractivity contribution in [1.82, 2.24) is 5.01 Å². The lowest BCUT2D eigenvalue weighted by atomic mass is 10.3. The molecule has 0 aliphatic carbocycles. The highest BCUT2D eigenvalue weighted by molar-refractivity contribution is 4.54. The molecular weight excluding hydrogens is 114 g/mol. The molecule has 0 bridgehead atoms. The molecule has 0 aliphatic heterocycles. The van der Waals surface area contributed by atoms with Crippen LogP contribution in [0, 0.1) is 0 Å². The fourth-order valence-corrected chi connectivity index (χ4v) is 0.659. The minimum atomic E-state index is 0.0324. The van der Waals surface area contributed by atoms with Crippen molar-refractivity contribution in [3.63, 3.8) is 0 Å². The number of nitrogens with zero attached hydrogens (tertiary/aromatic N) is 1. The predicted molar refractivity (Wildman–Crippen MR) is 39.5 cm³/mol. The second-order valence-electron chi connectivity index (χ2n) is 2.21. The van der Waals surface area contributed by atoms with Crippen LogP contribution in [0.15, 0.2) is 0 Å². The van der Waals surface area contributed by atoms with E-state index in [4.69, 9.17) is 11.6 Å². The average Bonchev–Trinajstić information content (AvgIpc) is 1.87. The summed E-state index contributed by atoms with van der Waals surface area (Å²) in [5.74, 6) is 5.55. The monoisotopic (exact) mass is 131 g/mol. The molecule has 9 heavy (non-hydrogen) atoms. The molecule has 0 radical (unpaired) electrons. The van der Waals surface area contributed by atoms with Crippen LogP contribution in [0.2, 0.25) is 0 Å². The van der Waals surface area contributed by atoms with Crippen molar-refractivity contribution in [3.8, 4) is 0 Å². The summed E-state index contributed by atoms with van der Waals surface area (Å²) in [6, 6.07) is 0. The van der Waals surface area contributed by atoms with Crippen molar-refractivity contribution in [1.29, 1.82) is 0 Å². The van der Waals surface area contributed by atoms with Gasteiger partial charge in [0.25, 0.3) is 0 Å². The topological polar surface area (TPSA) is 55.3 Å². The Kier molecular flexibility index (Phi) is 4.67. The van der Waals surface area contributed by atoms with E-state index in [1.54, 1.807) is 5.01 Å². The maximum atomic E-state index is 5.60. The molecular formula is C6H17N3. The first-order valence-electron chi connectivity index (χ1n) is 3.49. The SMILES string of the molecule is CCCN(N)C(N)CC. The standard InChI is InChI=1S/C6H17N3/c1-3-5-9(8)6(7)4-2/h6H,3-5,7-8H2,1-2H3. The maximum absolute atomic E-state index is 5.60. The zero-order valence-corrected chi connectivity index (χ0v) is 6.30. The summed E-state index contributed by atoms with van der Waals surface area (Å²) < 4.78 is 0. The zero-order valence-electron chi connectivity index (χ0n) is 6.30. The lowest BCUT2D eigenvalue weighted by Crippen LogP contribution is -2.46. The van der Waals surface area contributed by atoms with Gasteiger partial charge in [0, 0.05) is 6.54 Å². The molecule has 0 saturated heterocycles. The van der Waals surface area contributed by atoms with Gasteiger partial charge in [0.1, 0.15) is 0 Å². The van der Waals surface area contributed by atoms with E-state index >= 15 is 0 Å². The van der Waals surface area contributed by atoms with Crippen molar-refractivity contribution in [2.45, 2.75) is 32.9 Å². The molecule has 0 aromatic heterocycles. The number of rotatable bonds is 4. The van der Waals surface area contributed by atoms with E-state index < -0.39 is 0 Å². The molecule has 1 unspecified atom stereocenters. The van der Waals surface area contributed by atoms with Crippen LogP contribution in [0.4, 0.5) is 0 Å². The van der Waals surface area contributed by atoms with Crippen molar-refractivity contribution in [2.75, 3.05) is 6.54 Å². The molecule has 3 heteroatoms. The van der Waals surface area contributed by atoms with Crippen LogP contribution in [0.25, 0.3) is 0 Å². The van der Waals surface area contributed by atoms with Gasteiger partial charge >= 0.3 is 0 Å². The fourth-order valence-electron chi connectivity index (χ4n) is 0.659. The van der Waals surface area contributed by atoms with E-state index in [9.17, 15) is 0 Å². The number of hydrazine groups is 1. The molecule has 0 heterocycles. The van der Waals surface area contributed by atoms with Gasteiger partial charge in [-0.25, -0.2) is 5.01 Å². The van der Waals surface area contributed by atoms with Gasteiger partial charge in [-0.2, -0.15) is 0 Å². The Morgan fingerprint density at radius 3 is 2.33 bits per heavy atom. The fraction of sp³-hybridized carbons (Fsp3) is 1.00. The van der Waals surface area contributed by atoms with E-state index in [2.05, 4.69) is 6.92 Å². The first kappa shape index (κ1) is 8.88. The van der Waals surface area contributed by atoms with Crippen molar-refractivity contribution in [3.05, 3.63) is 0 Å². The highest BCUT2D eigenvalue weighted by atomic mass is 15.4. The van der Waals surface area contributed by atoms with Crippen LogP contribution in [-0.2, 0) is 0 Å². The third-order valence-corrected chi connectivity index (χ3v) is 1.33. The van der Waals surface area contributed by atoms with E-state index in [0.717, 1.165) is 19.4 Å². The first-order chi connectivity index (χ1) is 4.22. The van der Waals surface area contributed by atoms with Gasteiger partial charge < -0.3 is 5.73 Å². The molecule has 0 amide bonds. The van der Waals surface area contributed by atoms with Crippen LogP contribution < -0.4 is 11.6 Å². The van der Waals surface area contributed by atoms with Gasteiger partial charge in [0.05, 0.1) is 6.17 Å². The lowest BCUT2D eigenvalue weighted by molar-refractivity contribution is 0.200. The first-order valence-corrected chi connectivity index (χ1v) is 3.49. The van der Waals surface area contributed by atoms with Crippen LogP contribution in [0.5, 0.6) is 0 Å². The van der Waals surface area contributed by atoms with Crippen LogP contribution >= 0.6 is 0 Å². The van der Waals surface area contributed by atoms with Crippen LogP contribution in [-0.4, -0.2) is 17.7 Å². The smallest absolute Gasteiger partial charge is 0.0702 e. The van der Waals surface area contributed by atoms with Crippen molar-refractivity contribution in [2.24, 2.45) is 11.6 Å². The number of nitrogens with two attached hydrogens (primary N) is 2. The van der Waals surface area contributed by atoms with E-state index in [1.165, 1.54) is 0 Å². The summed E-state index contributed by atoms with van der Waals surface area (Å²) in [6.45, 7) is 5.00. The Labute approximate surface area is 57.0 Å². The van der Waals surface area contributed by atoms with Crippen molar-refractivity contribution >= 4 is 0 Å². The van der Waals surface area contributed by atoms with Crippen molar-refractivity contribution < 1.29 is 0 Å². The van der Waals surface area contributed by atoms with Gasteiger partial charge in [0.15, 0.2) is 0 Å². The summed E-state index contributed by atoms with van der Waals surface area (Å²) in [4.78, 5) is 0. The van der Waals surface area contributed by atoms with E-state index in [1.807, 2.05) is 6.92 Å². The van der Waals surface area contributed by atoms with E-state index in [0.29, 0.717) is 0 Å². The molecule has 0 fully saturated rings. The van der Waals surface area contributed by atoms with Gasteiger partial charge in [0.2, 0.25) is 0 Å². The third-order valence-electron chi connectivity index (χ3n) is 1.33. The minimum Gasteiger partial charge on any atom is -0.315 e. The van der Waals surface area contributed by atoms with Gasteiger partial charge in [-0.15, -0.1) is 0 Å². The highest BCUT2D eigenvalue weighted by Gasteiger charge is 2.04. The largest absolute Gasteiger partial charge is 0.315 e. The van der Waals surface area contributed by atoms with Gasteiger partial charge in [-0.3, -0.25) is 5.84 Å². The predicted octanol–water partition coefficient (Wildman–Crippen LogP) is 0.267.